The van der Waals surface area contributed by atoms with Crippen LogP contribution in [0.2, 0.25) is 0 Å². The van der Waals surface area contributed by atoms with Gasteiger partial charge in [0.2, 0.25) is 0 Å². The lowest BCUT2D eigenvalue weighted by Crippen LogP contribution is -2.26. The first-order valence-electron chi connectivity index (χ1n) is 4.91. The fourth-order valence-electron chi connectivity index (χ4n) is 2.45. The molecular formula is C11H12BrNO. The highest BCUT2D eigenvalue weighted by Gasteiger charge is 2.55. The van der Waals surface area contributed by atoms with E-state index in [0.29, 0.717) is 6.04 Å². The van der Waals surface area contributed by atoms with E-state index in [1.54, 1.807) is 0 Å². The van der Waals surface area contributed by atoms with Gasteiger partial charge in [0, 0.05) is 17.0 Å². The molecule has 1 spiro atoms. The minimum absolute atomic E-state index is 0.233. The van der Waals surface area contributed by atoms with Crippen molar-refractivity contribution in [2.45, 2.75) is 24.3 Å². The van der Waals surface area contributed by atoms with Gasteiger partial charge in [0.25, 0.3) is 0 Å². The molecule has 2 N–H and O–H groups in total. The van der Waals surface area contributed by atoms with E-state index in [1.165, 1.54) is 5.56 Å². The van der Waals surface area contributed by atoms with E-state index in [0.717, 1.165) is 29.7 Å². The number of halogens is 1. The van der Waals surface area contributed by atoms with E-state index in [2.05, 4.69) is 28.1 Å². The molecule has 14 heavy (non-hydrogen) atoms. The summed E-state index contributed by atoms with van der Waals surface area (Å²) in [5.41, 5.74) is 7.56. The Morgan fingerprint density at radius 1 is 1.50 bits per heavy atom. The molecule has 1 aromatic carbocycles. The van der Waals surface area contributed by atoms with Crippen molar-refractivity contribution < 1.29 is 4.74 Å². The van der Waals surface area contributed by atoms with Gasteiger partial charge in [-0.15, -0.1) is 0 Å². The van der Waals surface area contributed by atoms with Gasteiger partial charge >= 0.3 is 0 Å². The van der Waals surface area contributed by atoms with Gasteiger partial charge in [-0.05, 0) is 34.8 Å². The summed E-state index contributed by atoms with van der Waals surface area (Å²) >= 11 is 3.52. The maximum Gasteiger partial charge on any atom is 0.137 e. The Hall–Kier alpha value is -0.540. The fourth-order valence-corrected chi connectivity index (χ4v) is 2.93. The van der Waals surface area contributed by atoms with Gasteiger partial charge in [0.05, 0.1) is 11.1 Å². The minimum atomic E-state index is 0.233. The van der Waals surface area contributed by atoms with Crippen molar-refractivity contribution >= 4 is 15.9 Å². The maximum absolute atomic E-state index is 6.03. The molecule has 1 aromatic rings. The Labute approximate surface area is 91.6 Å². The van der Waals surface area contributed by atoms with Crippen LogP contribution in [0, 0.1) is 0 Å². The van der Waals surface area contributed by atoms with E-state index in [9.17, 15) is 0 Å². The maximum atomic E-state index is 6.03. The third kappa shape index (κ3) is 0.997. The monoisotopic (exact) mass is 253 g/mol. The van der Waals surface area contributed by atoms with Crippen LogP contribution in [-0.2, 0) is 5.41 Å². The van der Waals surface area contributed by atoms with Gasteiger partial charge in [-0.25, -0.2) is 0 Å². The second-order valence-corrected chi connectivity index (χ2v) is 5.04. The van der Waals surface area contributed by atoms with Crippen molar-refractivity contribution in [2.24, 2.45) is 5.73 Å². The van der Waals surface area contributed by atoms with Crippen LogP contribution in [0.15, 0.2) is 22.7 Å². The second kappa shape index (κ2) is 2.74. The molecule has 0 aromatic heterocycles. The zero-order valence-corrected chi connectivity index (χ0v) is 9.38. The first kappa shape index (κ1) is 8.74. The standard InChI is InChI=1S/C11H12BrNO/c12-8-3-1-2-7-10(8)14-5-4-11(7)6-9(11)13/h1-3,9H,4-6,13H2. The van der Waals surface area contributed by atoms with E-state index in [4.69, 9.17) is 10.5 Å². The summed E-state index contributed by atoms with van der Waals surface area (Å²) in [5.74, 6) is 1.01. The summed E-state index contributed by atoms with van der Waals surface area (Å²) in [4.78, 5) is 0. The van der Waals surface area contributed by atoms with Crippen molar-refractivity contribution in [3.63, 3.8) is 0 Å². The lowest BCUT2D eigenvalue weighted by Gasteiger charge is -2.27. The largest absolute Gasteiger partial charge is 0.492 e. The number of rotatable bonds is 0. The molecule has 0 radical (unpaired) electrons. The van der Waals surface area contributed by atoms with Crippen LogP contribution in [0.25, 0.3) is 0 Å². The Morgan fingerprint density at radius 3 is 3.00 bits per heavy atom. The highest BCUT2D eigenvalue weighted by atomic mass is 79.9. The number of hydrogen-bond acceptors (Lipinski definition) is 2. The second-order valence-electron chi connectivity index (χ2n) is 4.18. The lowest BCUT2D eigenvalue weighted by molar-refractivity contribution is 0.256. The van der Waals surface area contributed by atoms with E-state index in [1.807, 2.05) is 6.07 Å². The Balaban J connectivity index is 2.16. The van der Waals surface area contributed by atoms with Crippen molar-refractivity contribution in [1.29, 1.82) is 0 Å². The van der Waals surface area contributed by atoms with Crippen molar-refractivity contribution in [3.05, 3.63) is 28.2 Å². The molecule has 0 amide bonds. The third-order valence-corrected chi connectivity index (χ3v) is 4.06. The van der Waals surface area contributed by atoms with Crippen molar-refractivity contribution in [3.8, 4) is 5.75 Å². The summed E-state index contributed by atoms with van der Waals surface area (Å²) in [6, 6.07) is 6.56. The molecule has 1 aliphatic heterocycles. The average molecular weight is 254 g/mol. The molecule has 2 aliphatic rings. The molecular weight excluding hydrogens is 242 g/mol. The average Bonchev–Trinajstić information content (AvgIpc) is 2.80. The van der Waals surface area contributed by atoms with Crippen molar-refractivity contribution in [2.75, 3.05) is 6.61 Å². The van der Waals surface area contributed by atoms with Gasteiger partial charge in [-0.2, -0.15) is 0 Å². The zero-order chi connectivity index (χ0) is 9.76. The van der Waals surface area contributed by atoms with E-state index < -0.39 is 0 Å². The molecule has 1 saturated carbocycles. The predicted octanol–water partition coefficient (Wildman–Crippen LogP) is 2.20. The molecule has 74 valence electrons. The Morgan fingerprint density at radius 2 is 2.29 bits per heavy atom. The number of hydrogen-bond donors (Lipinski definition) is 1. The first-order valence-corrected chi connectivity index (χ1v) is 5.71. The topological polar surface area (TPSA) is 35.2 Å². The summed E-state index contributed by atoms with van der Waals surface area (Å²) in [5, 5.41) is 0. The smallest absolute Gasteiger partial charge is 0.137 e. The molecule has 2 unspecified atom stereocenters. The van der Waals surface area contributed by atoms with Gasteiger partial charge in [0.15, 0.2) is 0 Å². The number of nitrogens with two attached hydrogens (primary N) is 1. The molecule has 3 heteroatoms. The highest BCUT2D eigenvalue weighted by molar-refractivity contribution is 9.10. The highest BCUT2D eigenvalue weighted by Crippen LogP contribution is 2.56. The third-order valence-electron chi connectivity index (χ3n) is 3.43. The van der Waals surface area contributed by atoms with Crippen LogP contribution < -0.4 is 10.5 Å². The van der Waals surface area contributed by atoms with E-state index in [-0.39, 0.29) is 5.41 Å². The van der Waals surface area contributed by atoms with Crippen LogP contribution in [0.5, 0.6) is 5.75 Å². The predicted molar refractivity (Wildman–Crippen MR) is 58.5 cm³/mol. The van der Waals surface area contributed by atoms with Crippen LogP contribution in [0.1, 0.15) is 18.4 Å². The summed E-state index contributed by atoms with van der Waals surface area (Å²) in [6.45, 7) is 0.795. The van der Waals surface area contributed by atoms with Gasteiger partial charge in [-0.1, -0.05) is 12.1 Å². The van der Waals surface area contributed by atoms with Gasteiger partial charge in [0.1, 0.15) is 5.75 Å². The molecule has 2 nitrogen and oxygen atoms in total. The van der Waals surface area contributed by atoms with Gasteiger partial charge < -0.3 is 10.5 Å². The number of fused-ring (bicyclic) bond motifs is 2. The molecule has 1 aliphatic carbocycles. The first-order chi connectivity index (χ1) is 6.74. The molecule has 1 fully saturated rings. The molecule has 0 saturated heterocycles. The lowest BCUT2D eigenvalue weighted by atomic mass is 9.89. The van der Waals surface area contributed by atoms with Gasteiger partial charge in [-0.3, -0.25) is 0 Å². The molecule has 3 rings (SSSR count). The van der Waals surface area contributed by atoms with Crippen molar-refractivity contribution in [1.82, 2.24) is 0 Å². The Kier molecular flexibility index (Phi) is 1.71. The molecule has 1 heterocycles. The van der Waals surface area contributed by atoms with E-state index >= 15 is 0 Å². The summed E-state index contributed by atoms with van der Waals surface area (Å²) < 4.78 is 6.72. The summed E-state index contributed by atoms with van der Waals surface area (Å²) in [6.07, 6.45) is 2.18. The number of para-hydroxylation sites is 1. The molecule has 0 bridgehead atoms. The normalized spacial score (nSPS) is 33.7. The number of ether oxygens (including phenoxy) is 1. The minimum Gasteiger partial charge on any atom is -0.492 e. The van der Waals surface area contributed by atoms with Crippen LogP contribution in [0.4, 0.5) is 0 Å². The quantitative estimate of drug-likeness (QED) is 0.770. The van der Waals surface area contributed by atoms with Crippen LogP contribution in [-0.4, -0.2) is 12.6 Å². The van der Waals surface area contributed by atoms with Crippen LogP contribution in [0.3, 0.4) is 0 Å². The summed E-state index contributed by atoms with van der Waals surface area (Å²) in [7, 11) is 0. The number of benzene rings is 1. The van der Waals surface area contributed by atoms with Crippen LogP contribution >= 0.6 is 15.9 Å². The fraction of sp³-hybridized carbons (Fsp3) is 0.455. The SMILES string of the molecule is NC1CC12CCOc1c(Br)cccc12. The zero-order valence-electron chi connectivity index (χ0n) is 7.79. The Bertz CT molecular complexity index is 393. The molecule has 2 atom stereocenters.